The Kier molecular flexibility index (Phi) is 4.18. The number of alkyl halides is 6. The second kappa shape index (κ2) is 4.40. The van der Waals surface area contributed by atoms with Crippen molar-refractivity contribution >= 4 is 5.78 Å². The summed E-state index contributed by atoms with van der Waals surface area (Å²) in [5.41, 5.74) is 0. The van der Waals surface area contributed by atoms with Crippen molar-refractivity contribution in [3.63, 3.8) is 0 Å². The molecule has 0 aliphatic carbocycles. The monoisotopic (exact) mass is 236 g/mol. The topological polar surface area (TPSA) is 17.1 Å². The van der Waals surface area contributed by atoms with Crippen molar-refractivity contribution in [2.45, 2.75) is 32.6 Å². The van der Waals surface area contributed by atoms with E-state index >= 15 is 0 Å². The van der Waals surface area contributed by atoms with Crippen LogP contribution < -0.4 is 0 Å². The van der Waals surface area contributed by atoms with Gasteiger partial charge >= 0.3 is 12.4 Å². The third-order valence-corrected chi connectivity index (χ3v) is 2.04. The molecular formula is C8H10F6O. The molecule has 1 nitrogen and oxygen atoms in total. The number of halogens is 6. The van der Waals surface area contributed by atoms with Gasteiger partial charge in [-0.25, -0.2) is 0 Å². The van der Waals surface area contributed by atoms with Gasteiger partial charge in [0.1, 0.15) is 0 Å². The summed E-state index contributed by atoms with van der Waals surface area (Å²) in [6.45, 7) is 2.40. The Morgan fingerprint density at radius 3 is 1.60 bits per heavy atom. The quantitative estimate of drug-likeness (QED) is 0.687. The average Bonchev–Trinajstić information content (AvgIpc) is 1.97. The van der Waals surface area contributed by atoms with Gasteiger partial charge in [0.05, 0.1) is 0 Å². The first-order chi connectivity index (χ1) is 6.51. The van der Waals surface area contributed by atoms with Gasteiger partial charge in [-0.15, -0.1) is 0 Å². The van der Waals surface area contributed by atoms with E-state index in [0.29, 0.717) is 0 Å². The highest BCUT2D eigenvalue weighted by molar-refractivity contribution is 5.84. The Balaban J connectivity index is 5.07. The van der Waals surface area contributed by atoms with Gasteiger partial charge in [-0.05, 0) is 6.42 Å². The molecule has 0 aliphatic rings. The fraction of sp³-hybridized carbons (Fsp3) is 0.875. The van der Waals surface area contributed by atoms with Crippen molar-refractivity contribution in [2.24, 2.45) is 11.8 Å². The molecule has 90 valence electrons. The first kappa shape index (κ1) is 14.2. The molecule has 0 fully saturated rings. The second-order valence-electron chi connectivity index (χ2n) is 3.23. The first-order valence-electron chi connectivity index (χ1n) is 4.19. The molecule has 0 aliphatic heterocycles. The van der Waals surface area contributed by atoms with Crippen molar-refractivity contribution in [2.75, 3.05) is 0 Å². The van der Waals surface area contributed by atoms with Gasteiger partial charge in [0.2, 0.25) is 5.92 Å². The number of rotatable bonds is 3. The van der Waals surface area contributed by atoms with Crippen LogP contribution in [-0.2, 0) is 4.79 Å². The molecule has 0 heterocycles. The maximum Gasteiger partial charge on any atom is 0.407 e. The summed E-state index contributed by atoms with van der Waals surface area (Å²) in [7, 11) is 0. The molecule has 0 aromatic carbocycles. The molecule has 0 spiro atoms. The second-order valence-corrected chi connectivity index (χ2v) is 3.23. The van der Waals surface area contributed by atoms with E-state index in [1.54, 1.807) is 0 Å². The molecule has 0 amide bonds. The lowest BCUT2D eigenvalue weighted by Crippen LogP contribution is -2.44. The van der Waals surface area contributed by atoms with E-state index in [1.165, 1.54) is 6.92 Å². The maximum atomic E-state index is 12.0. The van der Waals surface area contributed by atoms with Gasteiger partial charge in [-0.2, -0.15) is 26.3 Å². The van der Waals surface area contributed by atoms with Crippen LogP contribution in [0.5, 0.6) is 0 Å². The van der Waals surface area contributed by atoms with Crippen LogP contribution >= 0.6 is 0 Å². The van der Waals surface area contributed by atoms with Crippen molar-refractivity contribution in [3.05, 3.63) is 0 Å². The molecule has 0 aromatic rings. The summed E-state index contributed by atoms with van der Waals surface area (Å²) < 4.78 is 72.1. The summed E-state index contributed by atoms with van der Waals surface area (Å²) >= 11 is 0. The predicted octanol–water partition coefficient (Wildman–Crippen LogP) is 3.34. The van der Waals surface area contributed by atoms with Crippen LogP contribution in [0.3, 0.4) is 0 Å². The largest absolute Gasteiger partial charge is 0.407 e. The Bertz CT molecular complexity index is 214. The zero-order chi connectivity index (χ0) is 12.4. The zero-order valence-electron chi connectivity index (χ0n) is 8.04. The van der Waals surface area contributed by atoms with Gasteiger partial charge < -0.3 is 0 Å². The smallest absolute Gasteiger partial charge is 0.298 e. The van der Waals surface area contributed by atoms with Crippen LogP contribution in [0.15, 0.2) is 0 Å². The van der Waals surface area contributed by atoms with Crippen LogP contribution in [-0.4, -0.2) is 18.1 Å². The van der Waals surface area contributed by atoms with E-state index in [2.05, 4.69) is 0 Å². The van der Waals surface area contributed by atoms with Gasteiger partial charge in [0.15, 0.2) is 5.78 Å². The summed E-state index contributed by atoms with van der Waals surface area (Å²) in [6.07, 6.45) is -11.2. The normalized spacial score (nSPS) is 15.5. The number of hydrogen-bond donors (Lipinski definition) is 0. The third kappa shape index (κ3) is 3.71. The lowest BCUT2D eigenvalue weighted by molar-refractivity contribution is -0.274. The molecule has 1 atom stereocenters. The fourth-order valence-corrected chi connectivity index (χ4v) is 0.994. The molecule has 0 N–H and O–H groups in total. The van der Waals surface area contributed by atoms with Crippen molar-refractivity contribution in [1.29, 1.82) is 0 Å². The summed E-state index contributed by atoms with van der Waals surface area (Å²) in [5.74, 6) is -6.93. The maximum absolute atomic E-state index is 12.0. The molecule has 0 saturated carbocycles. The highest BCUT2D eigenvalue weighted by Gasteiger charge is 2.61. The average molecular weight is 236 g/mol. The molecule has 0 radical (unpaired) electrons. The molecule has 15 heavy (non-hydrogen) atoms. The number of ketones is 1. The summed E-state index contributed by atoms with van der Waals surface area (Å²) in [5, 5.41) is 0. The predicted molar refractivity (Wildman–Crippen MR) is 40.1 cm³/mol. The number of hydrogen-bond acceptors (Lipinski definition) is 1. The van der Waals surface area contributed by atoms with Gasteiger partial charge in [0.25, 0.3) is 0 Å². The van der Waals surface area contributed by atoms with Gasteiger partial charge in [-0.3, -0.25) is 4.79 Å². The molecule has 0 saturated heterocycles. The Morgan fingerprint density at radius 1 is 1.07 bits per heavy atom. The number of carbonyl (C=O) groups is 1. The van der Waals surface area contributed by atoms with E-state index < -0.39 is 30.0 Å². The lowest BCUT2D eigenvalue weighted by Gasteiger charge is -2.23. The van der Waals surface area contributed by atoms with E-state index in [1.807, 2.05) is 0 Å². The number of Topliss-reactive ketones (excluding diaryl/α,β-unsaturated/α-hetero) is 1. The molecule has 0 bridgehead atoms. The van der Waals surface area contributed by atoms with Crippen molar-refractivity contribution < 1.29 is 31.1 Å². The minimum Gasteiger partial charge on any atom is -0.298 e. The SMILES string of the molecule is CCC(C)C(=O)C(C(F)(F)F)C(F)(F)F. The van der Waals surface area contributed by atoms with Crippen LogP contribution in [0.4, 0.5) is 26.3 Å². The standard InChI is InChI=1S/C8H10F6O/c1-3-4(2)5(15)6(7(9,10)11)8(12,13)14/h4,6H,3H2,1-2H3. The van der Waals surface area contributed by atoms with Crippen molar-refractivity contribution in [1.82, 2.24) is 0 Å². The summed E-state index contributed by atoms with van der Waals surface area (Å²) in [4.78, 5) is 10.9. The molecule has 7 heteroatoms. The molecular weight excluding hydrogens is 226 g/mol. The molecule has 1 unspecified atom stereocenters. The van der Waals surface area contributed by atoms with E-state index in [0.717, 1.165) is 6.92 Å². The van der Waals surface area contributed by atoms with Gasteiger partial charge in [-0.1, -0.05) is 13.8 Å². The Labute approximate surface area is 82.4 Å². The van der Waals surface area contributed by atoms with Crippen molar-refractivity contribution in [3.8, 4) is 0 Å². The summed E-state index contributed by atoms with van der Waals surface area (Å²) in [6, 6.07) is 0. The van der Waals surface area contributed by atoms with Crippen LogP contribution in [0.1, 0.15) is 20.3 Å². The minimum absolute atomic E-state index is 0.0541. The fourth-order valence-electron chi connectivity index (χ4n) is 0.994. The van der Waals surface area contributed by atoms with Gasteiger partial charge in [0, 0.05) is 5.92 Å². The Hall–Kier alpha value is -0.750. The minimum atomic E-state index is -5.57. The van der Waals surface area contributed by atoms with Crippen LogP contribution in [0.2, 0.25) is 0 Å². The first-order valence-corrected chi connectivity index (χ1v) is 4.19. The Morgan fingerprint density at radius 2 is 1.40 bits per heavy atom. The van der Waals surface area contributed by atoms with E-state index in [9.17, 15) is 31.1 Å². The number of carbonyl (C=O) groups excluding carboxylic acids is 1. The lowest BCUT2D eigenvalue weighted by atomic mass is 9.91. The highest BCUT2D eigenvalue weighted by Crippen LogP contribution is 2.41. The third-order valence-electron chi connectivity index (χ3n) is 2.04. The van der Waals surface area contributed by atoms with E-state index in [-0.39, 0.29) is 6.42 Å². The molecule has 0 rings (SSSR count). The van der Waals surface area contributed by atoms with Crippen LogP contribution in [0, 0.1) is 11.8 Å². The highest BCUT2D eigenvalue weighted by atomic mass is 19.4. The molecule has 0 aromatic heterocycles. The van der Waals surface area contributed by atoms with E-state index in [4.69, 9.17) is 0 Å². The van der Waals surface area contributed by atoms with Crippen LogP contribution in [0.25, 0.3) is 0 Å². The zero-order valence-corrected chi connectivity index (χ0v) is 8.04.